The molecule has 1 aromatic rings. The zero-order valence-corrected chi connectivity index (χ0v) is 14.8. The predicted molar refractivity (Wildman–Crippen MR) is 93.9 cm³/mol. The number of carboxylic acid groups (broad SMARTS) is 1. The molecule has 2 amide bonds. The third kappa shape index (κ3) is 4.39. The van der Waals surface area contributed by atoms with Crippen molar-refractivity contribution in [2.24, 2.45) is 17.8 Å². The van der Waals surface area contributed by atoms with Crippen LogP contribution in [0.3, 0.4) is 0 Å². The normalized spacial score (nSPS) is 23.6. The highest BCUT2D eigenvalue weighted by atomic mass is 16.4. The number of carbonyl (C=O) groups excluding carboxylic acids is 2. The van der Waals surface area contributed by atoms with Crippen LogP contribution >= 0.6 is 0 Å². The van der Waals surface area contributed by atoms with Crippen molar-refractivity contribution in [1.29, 1.82) is 0 Å². The van der Waals surface area contributed by atoms with E-state index in [0.29, 0.717) is 13.1 Å². The largest absolute Gasteiger partial charge is 0.481 e. The Hall–Kier alpha value is -2.44. The van der Waals surface area contributed by atoms with Gasteiger partial charge < -0.3 is 15.3 Å². The van der Waals surface area contributed by atoms with Gasteiger partial charge in [0.15, 0.2) is 0 Å². The summed E-state index contributed by atoms with van der Waals surface area (Å²) in [5.41, 5.74) is 0.741. The Kier molecular flexibility index (Phi) is 5.85. The van der Waals surface area contributed by atoms with Crippen molar-refractivity contribution in [1.82, 2.24) is 15.2 Å². The summed E-state index contributed by atoms with van der Waals surface area (Å²) in [5.74, 6) is -2.36. The first-order valence-corrected chi connectivity index (χ1v) is 9.24. The van der Waals surface area contributed by atoms with E-state index in [9.17, 15) is 19.5 Å². The van der Waals surface area contributed by atoms with Gasteiger partial charge in [0.25, 0.3) is 0 Å². The Morgan fingerprint density at radius 2 is 1.85 bits per heavy atom. The lowest BCUT2D eigenvalue weighted by atomic mass is 9.87. The summed E-state index contributed by atoms with van der Waals surface area (Å²) < 4.78 is 0. The van der Waals surface area contributed by atoms with Crippen LogP contribution in [0, 0.1) is 17.8 Å². The Morgan fingerprint density at radius 3 is 2.50 bits per heavy atom. The molecule has 0 radical (unpaired) electrons. The van der Waals surface area contributed by atoms with E-state index in [-0.39, 0.29) is 30.7 Å². The van der Waals surface area contributed by atoms with Gasteiger partial charge in [-0.2, -0.15) is 0 Å². The fourth-order valence-electron chi connectivity index (χ4n) is 3.90. The van der Waals surface area contributed by atoms with E-state index in [1.54, 1.807) is 17.2 Å². The van der Waals surface area contributed by atoms with Gasteiger partial charge in [0, 0.05) is 25.2 Å². The van der Waals surface area contributed by atoms with E-state index in [2.05, 4.69) is 10.3 Å². The Bertz CT molecular complexity index is 658. The van der Waals surface area contributed by atoms with Gasteiger partial charge in [0.05, 0.1) is 24.1 Å². The first-order chi connectivity index (χ1) is 12.5. The van der Waals surface area contributed by atoms with Gasteiger partial charge in [-0.1, -0.05) is 18.9 Å². The third-order valence-corrected chi connectivity index (χ3v) is 5.36. The standard InChI is InChI=1S/C19H25N3O4/c23-17(21-10-16-7-3-4-8-20-16)14-9-15(19(25)26)12-22(11-14)18(24)13-5-1-2-6-13/h3-4,7-8,13-15H,1-2,5-6,9-12H2,(H,21,23)(H,25,26)/t14-,15+/m1/s1. The first kappa shape index (κ1) is 18.4. The zero-order chi connectivity index (χ0) is 18.5. The first-order valence-electron chi connectivity index (χ1n) is 9.24. The number of carbonyl (C=O) groups is 3. The second kappa shape index (κ2) is 8.29. The van der Waals surface area contributed by atoms with E-state index < -0.39 is 17.8 Å². The zero-order valence-electron chi connectivity index (χ0n) is 14.8. The molecule has 1 aliphatic carbocycles. The number of piperidine rings is 1. The van der Waals surface area contributed by atoms with Gasteiger partial charge in [-0.25, -0.2) is 0 Å². The Labute approximate surface area is 152 Å². The maximum Gasteiger partial charge on any atom is 0.308 e. The molecule has 1 saturated heterocycles. The SMILES string of the molecule is O=C(O)[C@H]1C[C@@H](C(=O)NCc2ccccn2)CN(C(=O)C2CCCC2)C1. The molecular formula is C19H25N3O4. The van der Waals surface area contributed by atoms with E-state index in [4.69, 9.17) is 0 Å². The number of hydrogen-bond donors (Lipinski definition) is 2. The van der Waals surface area contributed by atoms with E-state index in [1.807, 2.05) is 12.1 Å². The molecule has 1 aromatic heterocycles. The quantitative estimate of drug-likeness (QED) is 0.829. The van der Waals surface area contributed by atoms with Crippen LogP contribution in [-0.2, 0) is 20.9 Å². The minimum absolute atomic E-state index is 0.0102. The molecule has 2 atom stereocenters. The fraction of sp³-hybridized carbons (Fsp3) is 0.579. The van der Waals surface area contributed by atoms with Crippen LogP contribution in [0.1, 0.15) is 37.8 Å². The van der Waals surface area contributed by atoms with E-state index >= 15 is 0 Å². The number of nitrogens with zero attached hydrogens (tertiary/aromatic N) is 2. The van der Waals surface area contributed by atoms with Crippen molar-refractivity contribution < 1.29 is 19.5 Å². The Balaban J connectivity index is 1.63. The van der Waals surface area contributed by atoms with Crippen LogP contribution < -0.4 is 5.32 Å². The average Bonchev–Trinajstić information content (AvgIpc) is 3.20. The monoisotopic (exact) mass is 359 g/mol. The lowest BCUT2D eigenvalue weighted by Crippen LogP contribution is -2.51. The second-order valence-electron chi connectivity index (χ2n) is 7.23. The van der Waals surface area contributed by atoms with Gasteiger partial charge in [-0.15, -0.1) is 0 Å². The number of aliphatic carboxylic acids is 1. The lowest BCUT2D eigenvalue weighted by molar-refractivity contribution is -0.149. The number of nitrogens with one attached hydrogen (secondary N) is 1. The maximum atomic E-state index is 12.7. The average molecular weight is 359 g/mol. The summed E-state index contributed by atoms with van der Waals surface area (Å²) in [7, 11) is 0. The van der Waals surface area contributed by atoms with Crippen LogP contribution in [0.4, 0.5) is 0 Å². The molecule has 1 aliphatic heterocycles. The molecule has 0 unspecified atom stereocenters. The number of rotatable bonds is 5. The smallest absolute Gasteiger partial charge is 0.308 e. The van der Waals surface area contributed by atoms with Gasteiger partial charge in [0.1, 0.15) is 0 Å². The molecule has 0 spiro atoms. The van der Waals surface area contributed by atoms with Crippen molar-refractivity contribution in [3.63, 3.8) is 0 Å². The summed E-state index contributed by atoms with van der Waals surface area (Å²) >= 11 is 0. The molecule has 1 saturated carbocycles. The maximum absolute atomic E-state index is 12.7. The van der Waals surface area contributed by atoms with Gasteiger partial charge in [0.2, 0.25) is 11.8 Å². The molecule has 7 nitrogen and oxygen atoms in total. The molecular weight excluding hydrogens is 334 g/mol. The fourth-order valence-corrected chi connectivity index (χ4v) is 3.90. The van der Waals surface area contributed by atoms with Crippen LogP contribution in [0.5, 0.6) is 0 Å². The number of carboxylic acids is 1. The molecule has 2 heterocycles. The predicted octanol–water partition coefficient (Wildman–Crippen LogP) is 1.44. The number of pyridine rings is 1. The summed E-state index contributed by atoms with van der Waals surface area (Å²) in [4.78, 5) is 42.5. The highest BCUT2D eigenvalue weighted by Crippen LogP contribution is 2.30. The number of amides is 2. The third-order valence-electron chi connectivity index (χ3n) is 5.36. The van der Waals surface area contributed by atoms with E-state index in [0.717, 1.165) is 31.4 Å². The van der Waals surface area contributed by atoms with Gasteiger partial charge in [-0.3, -0.25) is 19.4 Å². The van der Waals surface area contributed by atoms with Crippen molar-refractivity contribution in [3.05, 3.63) is 30.1 Å². The number of likely N-dealkylation sites (tertiary alicyclic amines) is 1. The molecule has 26 heavy (non-hydrogen) atoms. The molecule has 2 N–H and O–H groups in total. The van der Waals surface area contributed by atoms with Crippen molar-refractivity contribution >= 4 is 17.8 Å². The summed E-state index contributed by atoms with van der Waals surface area (Å²) in [6.45, 7) is 0.798. The second-order valence-corrected chi connectivity index (χ2v) is 7.23. The highest BCUT2D eigenvalue weighted by molar-refractivity contribution is 5.84. The molecule has 0 bridgehead atoms. The van der Waals surface area contributed by atoms with Crippen LogP contribution in [-0.4, -0.2) is 45.9 Å². The van der Waals surface area contributed by atoms with Crippen LogP contribution in [0.25, 0.3) is 0 Å². The molecule has 7 heteroatoms. The molecule has 140 valence electrons. The topological polar surface area (TPSA) is 99.6 Å². The minimum atomic E-state index is -0.948. The number of aromatic nitrogens is 1. The lowest BCUT2D eigenvalue weighted by Gasteiger charge is -2.36. The highest BCUT2D eigenvalue weighted by Gasteiger charge is 2.39. The Morgan fingerprint density at radius 1 is 1.12 bits per heavy atom. The summed E-state index contributed by atoms with van der Waals surface area (Å²) in [6, 6.07) is 5.46. The minimum Gasteiger partial charge on any atom is -0.481 e. The van der Waals surface area contributed by atoms with E-state index in [1.165, 1.54) is 0 Å². The van der Waals surface area contributed by atoms with Crippen molar-refractivity contribution in [3.8, 4) is 0 Å². The van der Waals surface area contributed by atoms with Crippen molar-refractivity contribution in [2.75, 3.05) is 13.1 Å². The van der Waals surface area contributed by atoms with Crippen LogP contribution in [0.2, 0.25) is 0 Å². The summed E-state index contributed by atoms with van der Waals surface area (Å²) in [6.07, 6.45) is 5.73. The number of hydrogen-bond acceptors (Lipinski definition) is 4. The van der Waals surface area contributed by atoms with Crippen LogP contribution in [0.15, 0.2) is 24.4 Å². The molecule has 0 aromatic carbocycles. The van der Waals surface area contributed by atoms with Crippen molar-refractivity contribution in [2.45, 2.75) is 38.6 Å². The summed E-state index contributed by atoms with van der Waals surface area (Å²) in [5, 5.41) is 12.3. The molecule has 2 aliphatic rings. The molecule has 2 fully saturated rings. The molecule has 3 rings (SSSR count). The van der Waals surface area contributed by atoms with Gasteiger partial charge in [-0.05, 0) is 31.4 Å². The van der Waals surface area contributed by atoms with Gasteiger partial charge >= 0.3 is 5.97 Å².